The van der Waals surface area contributed by atoms with Crippen LogP contribution >= 0.6 is 0 Å². The van der Waals surface area contributed by atoms with Crippen LogP contribution in [0.4, 0.5) is 4.79 Å². The maximum absolute atomic E-state index is 12.4. The number of hydrogen-bond acceptors (Lipinski definition) is 4. The summed E-state index contributed by atoms with van der Waals surface area (Å²) in [6, 6.07) is -0.383. The van der Waals surface area contributed by atoms with Crippen LogP contribution in [-0.2, 0) is 14.3 Å². The summed E-state index contributed by atoms with van der Waals surface area (Å²) in [5, 5.41) is 0. The van der Waals surface area contributed by atoms with E-state index in [0.717, 1.165) is 19.3 Å². The molecule has 5 heteroatoms. The van der Waals surface area contributed by atoms with Gasteiger partial charge < -0.3 is 9.47 Å². The second kappa shape index (κ2) is 7.65. The number of rotatable bonds is 5. The average Bonchev–Trinajstić information content (AvgIpc) is 2.89. The molecule has 0 spiro atoms. The quantitative estimate of drug-likeness (QED) is 0.578. The van der Waals surface area contributed by atoms with Gasteiger partial charge in [0.25, 0.3) is 0 Å². The minimum absolute atomic E-state index is 0.114. The van der Waals surface area contributed by atoms with E-state index < -0.39 is 12.1 Å². The Labute approximate surface area is 132 Å². The highest BCUT2D eigenvalue weighted by molar-refractivity contribution is 5.82. The van der Waals surface area contributed by atoms with Gasteiger partial charge in [0.1, 0.15) is 12.6 Å². The number of fused-ring (bicyclic) bond motifs is 1. The van der Waals surface area contributed by atoms with E-state index in [1.54, 1.807) is 11.0 Å². The highest BCUT2D eigenvalue weighted by Crippen LogP contribution is 2.40. The monoisotopic (exact) mass is 309 g/mol. The first-order valence-corrected chi connectivity index (χ1v) is 8.27. The maximum Gasteiger partial charge on any atom is 0.411 e. The minimum Gasteiger partial charge on any atom is -0.464 e. The van der Waals surface area contributed by atoms with E-state index >= 15 is 0 Å². The van der Waals surface area contributed by atoms with E-state index in [1.165, 1.54) is 6.42 Å². The van der Waals surface area contributed by atoms with Crippen molar-refractivity contribution >= 4 is 12.1 Å². The summed E-state index contributed by atoms with van der Waals surface area (Å²) in [4.78, 5) is 26.4. The summed E-state index contributed by atoms with van der Waals surface area (Å²) >= 11 is 0. The van der Waals surface area contributed by atoms with Gasteiger partial charge in [0.2, 0.25) is 0 Å². The summed E-state index contributed by atoms with van der Waals surface area (Å²) in [7, 11) is 0. The van der Waals surface area contributed by atoms with Crippen molar-refractivity contribution in [3.8, 4) is 0 Å². The van der Waals surface area contributed by atoms with Gasteiger partial charge in [0.05, 0.1) is 6.61 Å². The number of carbonyl (C=O) groups excluding carboxylic acids is 2. The standard InChI is InChI=1S/C17H27NO4/c1-4-9-21-17(20)18-14-8-6-5-7-13(14)10-15(18)16(19)22-11-12(2)3/h4,12-15H,1,5-11H2,2-3H3. The van der Waals surface area contributed by atoms with E-state index in [9.17, 15) is 9.59 Å². The minimum atomic E-state index is -0.496. The van der Waals surface area contributed by atoms with Crippen LogP contribution in [0.2, 0.25) is 0 Å². The summed E-state index contributed by atoms with van der Waals surface area (Å²) in [5.41, 5.74) is 0. The number of ether oxygens (including phenoxy) is 2. The fourth-order valence-electron chi connectivity index (χ4n) is 3.48. The summed E-state index contributed by atoms with van der Waals surface area (Å²) in [6.45, 7) is 8.11. The molecule has 0 aromatic carbocycles. The van der Waals surface area contributed by atoms with Gasteiger partial charge >= 0.3 is 12.1 Å². The molecule has 3 unspecified atom stereocenters. The highest BCUT2D eigenvalue weighted by Gasteiger charge is 2.48. The van der Waals surface area contributed by atoms with Crippen LogP contribution in [0.5, 0.6) is 0 Å². The molecule has 3 atom stereocenters. The Morgan fingerprint density at radius 2 is 2.00 bits per heavy atom. The van der Waals surface area contributed by atoms with Crippen LogP contribution < -0.4 is 0 Å². The number of esters is 1. The van der Waals surface area contributed by atoms with Crippen molar-refractivity contribution in [2.45, 2.75) is 58.0 Å². The molecule has 1 heterocycles. The molecule has 0 N–H and O–H groups in total. The van der Waals surface area contributed by atoms with E-state index in [2.05, 4.69) is 6.58 Å². The SMILES string of the molecule is C=CCOC(=O)N1C(C(=O)OCC(C)C)CC2CCCCC21. The zero-order valence-electron chi connectivity index (χ0n) is 13.6. The number of nitrogens with zero attached hydrogens (tertiary/aromatic N) is 1. The van der Waals surface area contributed by atoms with Crippen LogP contribution in [0.3, 0.4) is 0 Å². The van der Waals surface area contributed by atoms with Gasteiger partial charge in [-0.05, 0) is 31.1 Å². The van der Waals surface area contributed by atoms with Gasteiger partial charge in [-0.1, -0.05) is 39.3 Å². The molecule has 1 aliphatic carbocycles. The van der Waals surface area contributed by atoms with Crippen LogP contribution in [0, 0.1) is 11.8 Å². The molecule has 1 amide bonds. The van der Waals surface area contributed by atoms with Crippen molar-refractivity contribution in [3.63, 3.8) is 0 Å². The second-order valence-electron chi connectivity index (χ2n) is 6.66. The molecule has 2 aliphatic rings. The number of hydrogen-bond donors (Lipinski definition) is 0. The van der Waals surface area contributed by atoms with E-state index in [-0.39, 0.29) is 24.5 Å². The molecule has 0 aromatic heterocycles. The molecule has 124 valence electrons. The predicted molar refractivity (Wildman–Crippen MR) is 83.3 cm³/mol. The van der Waals surface area contributed by atoms with Crippen molar-refractivity contribution in [1.29, 1.82) is 0 Å². The Morgan fingerprint density at radius 3 is 2.68 bits per heavy atom. The third-order valence-corrected chi connectivity index (χ3v) is 4.45. The highest BCUT2D eigenvalue weighted by atomic mass is 16.6. The molecule has 5 nitrogen and oxygen atoms in total. The molecular formula is C17H27NO4. The Balaban J connectivity index is 2.08. The third-order valence-electron chi connectivity index (χ3n) is 4.45. The lowest BCUT2D eigenvalue weighted by molar-refractivity contribution is -0.150. The topological polar surface area (TPSA) is 55.8 Å². The van der Waals surface area contributed by atoms with Gasteiger partial charge in [-0.3, -0.25) is 4.90 Å². The van der Waals surface area contributed by atoms with Gasteiger partial charge in [-0.15, -0.1) is 0 Å². The van der Waals surface area contributed by atoms with Crippen molar-refractivity contribution in [1.82, 2.24) is 4.90 Å². The zero-order valence-corrected chi connectivity index (χ0v) is 13.6. The third kappa shape index (κ3) is 3.81. The Hall–Kier alpha value is -1.52. The number of carbonyl (C=O) groups is 2. The largest absolute Gasteiger partial charge is 0.464 e. The molecule has 1 saturated heterocycles. The van der Waals surface area contributed by atoms with Crippen molar-refractivity contribution in [2.24, 2.45) is 11.8 Å². The lowest BCUT2D eigenvalue weighted by Crippen LogP contribution is -2.47. The fourth-order valence-corrected chi connectivity index (χ4v) is 3.48. The Bertz CT molecular complexity index is 421. The fraction of sp³-hybridized carbons (Fsp3) is 0.765. The molecule has 0 radical (unpaired) electrons. The van der Waals surface area contributed by atoms with Crippen LogP contribution in [0.25, 0.3) is 0 Å². The molecule has 1 saturated carbocycles. The van der Waals surface area contributed by atoms with E-state index in [4.69, 9.17) is 9.47 Å². The van der Waals surface area contributed by atoms with Crippen molar-refractivity contribution in [2.75, 3.05) is 13.2 Å². The number of likely N-dealkylation sites (tertiary alicyclic amines) is 1. The Morgan fingerprint density at radius 1 is 1.27 bits per heavy atom. The maximum atomic E-state index is 12.4. The average molecular weight is 309 g/mol. The molecule has 2 rings (SSSR count). The Kier molecular flexibility index (Phi) is 5.86. The predicted octanol–water partition coefficient (Wildman–Crippen LogP) is 3.14. The van der Waals surface area contributed by atoms with Crippen LogP contribution in [-0.4, -0.2) is 42.3 Å². The molecule has 0 aromatic rings. The van der Waals surface area contributed by atoms with Crippen LogP contribution in [0.1, 0.15) is 46.0 Å². The summed E-state index contributed by atoms with van der Waals surface area (Å²) in [5.74, 6) is 0.383. The molecule has 22 heavy (non-hydrogen) atoms. The van der Waals surface area contributed by atoms with Crippen molar-refractivity contribution in [3.05, 3.63) is 12.7 Å². The molecule has 2 fully saturated rings. The summed E-state index contributed by atoms with van der Waals surface area (Å²) in [6.07, 6.45) is 6.11. The van der Waals surface area contributed by atoms with E-state index in [1.807, 2.05) is 13.8 Å². The lowest BCUT2D eigenvalue weighted by Gasteiger charge is -2.32. The van der Waals surface area contributed by atoms with Gasteiger partial charge in [0, 0.05) is 6.04 Å². The van der Waals surface area contributed by atoms with Crippen LogP contribution in [0.15, 0.2) is 12.7 Å². The normalized spacial score (nSPS) is 27.4. The van der Waals surface area contributed by atoms with Crippen molar-refractivity contribution < 1.29 is 19.1 Å². The zero-order chi connectivity index (χ0) is 16.1. The lowest BCUT2D eigenvalue weighted by atomic mass is 9.85. The first kappa shape index (κ1) is 16.8. The van der Waals surface area contributed by atoms with E-state index in [0.29, 0.717) is 18.9 Å². The molecular weight excluding hydrogens is 282 g/mol. The smallest absolute Gasteiger partial charge is 0.411 e. The molecule has 1 aliphatic heterocycles. The van der Waals surface area contributed by atoms with Gasteiger partial charge in [-0.25, -0.2) is 9.59 Å². The molecule has 0 bridgehead atoms. The first-order chi connectivity index (χ1) is 10.5. The number of amides is 1. The van der Waals surface area contributed by atoms with Gasteiger partial charge in [-0.2, -0.15) is 0 Å². The summed E-state index contributed by atoms with van der Waals surface area (Å²) < 4.78 is 10.6. The van der Waals surface area contributed by atoms with Gasteiger partial charge in [0.15, 0.2) is 0 Å². The second-order valence-corrected chi connectivity index (χ2v) is 6.66. The first-order valence-electron chi connectivity index (χ1n) is 8.27.